The summed E-state index contributed by atoms with van der Waals surface area (Å²) in [6.45, 7) is 9.89. The van der Waals surface area contributed by atoms with Crippen LogP contribution in [0.3, 0.4) is 0 Å². The molecule has 2 heteroatoms. The van der Waals surface area contributed by atoms with E-state index in [4.69, 9.17) is 4.74 Å². The van der Waals surface area contributed by atoms with Gasteiger partial charge in [-0.15, -0.1) is 0 Å². The van der Waals surface area contributed by atoms with Gasteiger partial charge in [0.1, 0.15) is 5.78 Å². The van der Waals surface area contributed by atoms with Gasteiger partial charge in [-0.1, -0.05) is 26.0 Å². The zero-order chi connectivity index (χ0) is 10.8. The highest BCUT2D eigenvalue weighted by Gasteiger charge is 2.61. The van der Waals surface area contributed by atoms with Gasteiger partial charge in [0.15, 0.2) is 0 Å². The lowest BCUT2D eigenvalue weighted by Crippen LogP contribution is -2.59. The van der Waals surface area contributed by atoms with Gasteiger partial charge in [0.25, 0.3) is 0 Å². The summed E-state index contributed by atoms with van der Waals surface area (Å²) in [6.07, 6.45) is 4.03. The maximum Gasteiger partial charge on any atom is 0.150 e. The summed E-state index contributed by atoms with van der Waals surface area (Å²) < 4.78 is 5.95. The van der Waals surface area contributed by atoms with Gasteiger partial charge in [-0.2, -0.15) is 0 Å². The fraction of sp³-hybridized carbons (Fsp3) is 0.750. The number of hydrogen-bond acceptors (Lipinski definition) is 2. The van der Waals surface area contributed by atoms with E-state index in [2.05, 4.69) is 0 Å². The normalized spacial score (nSPS) is 42.9. The molecule has 1 saturated heterocycles. The van der Waals surface area contributed by atoms with Crippen molar-refractivity contribution in [2.75, 3.05) is 0 Å². The van der Waals surface area contributed by atoms with Crippen LogP contribution < -0.4 is 0 Å². The molecule has 2 rings (SSSR count). The molecule has 0 unspecified atom stereocenters. The summed E-state index contributed by atoms with van der Waals surface area (Å²) in [4.78, 5) is 12.3. The molecule has 0 spiro atoms. The van der Waals surface area contributed by atoms with Crippen LogP contribution in [0.1, 0.15) is 34.6 Å². The SMILES string of the molecule is CC1(C)C(=O)C(C)(C)[C@@]2(C)C=C[C@@H]1O2. The molecule has 2 aliphatic rings. The van der Waals surface area contributed by atoms with E-state index in [0.29, 0.717) is 5.78 Å². The number of hydrogen-bond donors (Lipinski definition) is 0. The predicted octanol–water partition coefficient (Wildman–Crippen LogP) is 2.34. The van der Waals surface area contributed by atoms with Gasteiger partial charge in [-0.25, -0.2) is 0 Å². The van der Waals surface area contributed by atoms with Crippen LogP contribution in [0.25, 0.3) is 0 Å². The van der Waals surface area contributed by atoms with Crippen LogP contribution in [0.5, 0.6) is 0 Å². The van der Waals surface area contributed by atoms with Crippen molar-refractivity contribution in [3.63, 3.8) is 0 Å². The number of carbonyl (C=O) groups is 1. The maximum absolute atomic E-state index is 12.3. The highest BCUT2D eigenvalue weighted by Crippen LogP contribution is 2.52. The highest BCUT2D eigenvalue weighted by molar-refractivity contribution is 5.92. The molecule has 14 heavy (non-hydrogen) atoms. The second-order valence-corrected chi connectivity index (χ2v) is 5.68. The Balaban J connectivity index is 2.55. The minimum absolute atomic E-state index is 0.0481. The Labute approximate surface area is 85.3 Å². The van der Waals surface area contributed by atoms with E-state index in [9.17, 15) is 4.79 Å². The highest BCUT2D eigenvalue weighted by atomic mass is 16.5. The molecule has 0 amide bonds. The first-order valence-electron chi connectivity index (χ1n) is 5.14. The molecule has 2 heterocycles. The van der Waals surface area contributed by atoms with E-state index in [1.807, 2.05) is 46.8 Å². The summed E-state index contributed by atoms with van der Waals surface area (Å²) in [5.74, 6) is 0.300. The molecule has 0 saturated carbocycles. The first-order chi connectivity index (χ1) is 6.22. The molecule has 2 bridgehead atoms. The molecule has 0 radical (unpaired) electrons. The Morgan fingerprint density at radius 1 is 1.21 bits per heavy atom. The molecule has 0 aromatic carbocycles. The van der Waals surface area contributed by atoms with Crippen molar-refractivity contribution in [2.24, 2.45) is 10.8 Å². The molecule has 0 aromatic heterocycles. The molecule has 0 N–H and O–H groups in total. The first-order valence-corrected chi connectivity index (χ1v) is 5.14. The molecule has 2 nitrogen and oxygen atoms in total. The van der Waals surface area contributed by atoms with Gasteiger partial charge in [0.05, 0.1) is 22.5 Å². The van der Waals surface area contributed by atoms with Crippen molar-refractivity contribution in [3.8, 4) is 0 Å². The van der Waals surface area contributed by atoms with E-state index in [1.165, 1.54) is 0 Å². The summed E-state index contributed by atoms with van der Waals surface area (Å²) in [7, 11) is 0. The van der Waals surface area contributed by atoms with Gasteiger partial charge in [-0.05, 0) is 20.8 Å². The van der Waals surface area contributed by atoms with Crippen LogP contribution in [0, 0.1) is 10.8 Å². The molecular formula is C12H18O2. The largest absolute Gasteiger partial charge is 0.362 e. The number of fused-ring (bicyclic) bond motifs is 2. The van der Waals surface area contributed by atoms with Crippen molar-refractivity contribution < 1.29 is 9.53 Å². The fourth-order valence-corrected chi connectivity index (χ4v) is 2.52. The van der Waals surface area contributed by atoms with Gasteiger partial charge >= 0.3 is 0 Å². The van der Waals surface area contributed by atoms with Gasteiger partial charge in [-0.3, -0.25) is 4.79 Å². The van der Waals surface area contributed by atoms with Gasteiger partial charge in [0, 0.05) is 0 Å². The van der Waals surface area contributed by atoms with E-state index < -0.39 is 16.4 Å². The number of ether oxygens (including phenoxy) is 1. The Morgan fingerprint density at radius 2 is 1.79 bits per heavy atom. The Hall–Kier alpha value is -0.630. The van der Waals surface area contributed by atoms with E-state index in [1.54, 1.807) is 0 Å². The topological polar surface area (TPSA) is 26.3 Å². The third kappa shape index (κ3) is 0.876. The average molecular weight is 194 g/mol. The smallest absolute Gasteiger partial charge is 0.150 e. The molecule has 0 aromatic rings. The Bertz CT molecular complexity index is 325. The standard InChI is InChI=1S/C12H18O2/c1-10(2)8-6-7-12(5,14-8)11(3,4)9(10)13/h6-8H,1-5H3/t8-,12+/m0/s1. The lowest BCUT2D eigenvalue weighted by molar-refractivity contribution is -0.187. The molecule has 1 fully saturated rings. The van der Waals surface area contributed by atoms with Crippen LogP contribution in [-0.2, 0) is 9.53 Å². The second kappa shape index (κ2) is 2.30. The molecular weight excluding hydrogens is 176 g/mol. The van der Waals surface area contributed by atoms with Crippen LogP contribution >= 0.6 is 0 Å². The third-order valence-corrected chi connectivity index (χ3v) is 4.07. The van der Waals surface area contributed by atoms with E-state index >= 15 is 0 Å². The monoisotopic (exact) mass is 194 g/mol. The van der Waals surface area contributed by atoms with Gasteiger partial charge in [0.2, 0.25) is 0 Å². The third-order valence-electron chi connectivity index (χ3n) is 4.07. The first kappa shape index (κ1) is 9.91. The summed E-state index contributed by atoms with van der Waals surface area (Å²) in [6, 6.07) is 0. The Morgan fingerprint density at radius 3 is 2.36 bits per heavy atom. The molecule has 78 valence electrons. The van der Waals surface area contributed by atoms with E-state index in [-0.39, 0.29) is 6.10 Å². The predicted molar refractivity (Wildman–Crippen MR) is 55.0 cm³/mol. The summed E-state index contributed by atoms with van der Waals surface area (Å²) >= 11 is 0. The molecule has 2 aliphatic heterocycles. The van der Waals surface area contributed by atoms with Crippen LogP contribution in [0.2, 0.25) is 0 Å². The lowest BCUT2D eigenvalue weighted by Gasteiger charge is -2.50. The van der Waals surface area contributed by atoms with E-state index in [0.717, 1.165) is 0 Å². The average Bonchev–Trinajstić information content (AvgIpc) is 2.45. The number of ketones is 1. The van der Waals surface area contributed by atoms with Crippen molar-refractivity contribution in [1.82, 2.24) is 0 Å². The minimum atomic E-state index is -0.431. The zero-order valence-corrected chi connectivity index (χ0v) is 9.55. The van der Waals surface area contributed by atoms with Crippen LogP contribution in [0.15, 0.2) is 12.2 Å². The van der Waals surface area contributed by atoms with Crippen LogP contribution in [0.4, 0.5) is 0 Å². The number of Topliss-reactive ketones (excluding diaryl/α,β-unsaturated/α-hetero) is 1. The summed E-state index contributed by atoms with van der Waals surface area (Å²) in [5.41, 5.74) is -1.24. The van der Waals surface area contributed by atoms with Crippen molar-refractivity contribution in [2.45, 2.75) is 46.3 Å². The van der Waals surface area contributed by atoms with Crippen LogP contribution in [-0.4, -0.2) is 17.5 Å². The van der Waals surface area contributed by atoms with Crippen molar-refractivity contribution in [1.29, 1.82) is 0 Å². The number of carbonyl (C=O) groups excluding carboxylic acids is 1. The molecule has 2 atom stereocenters. The molecule has 0 aliphatic carbocycles. The van der Waals surface area contributed by atoms with Gasteiger partial charge < -0.3 is 4.74 Å². The Kier molecular flexibility index (Phi) is 1.63. The second-order valence-electron chi connectivity index (χ2n) is 5.68. The summed E-state index contributed by atoms with van der Waals surface area (Å²) in [5, 5.41) is 0. The van der Waals surface area contributed by atoms with Crippen molar-refractivity contribution in [3.05, 3.63) is 12.2 Å². The van der Waals surface area contributed by atoms with Crippen molar-refractivity contribution >= 4 is 5.78 Å². The quantitative estimate of drug-likeness (QED) is 0.553. The lowest BCUT2D eigenvalue weighted by atomic mass is 9.63. The zero-order valence-electron chi connectivity index (χ0n) is 9.55. The maximum atomic E-state index is 12.3. The minimum Gasteiger partial charge on any atom is -0.362 e. The fourth-order valence-electron chi connectivity index (χ4n) is 2.52. The number of rotatable bonds is 0.